The Hall–Kier alpha value is -1.82. The number of carboxylic acid groups (broad SMARTS) is 2. The Morgan fingerprint density at radius 2 is 2.20 bits per heavy atom. The molecule has 0 amide bonds. The Morgan fingerprint density at radius 1 is 1.47 bits per heavy atom. The van der Waals surface area contributed by atoms with Gasteiger partial charge in [-0.3, -0.25) is 14.9 Å². The van der Waals surface area contributed by atoms with Gasteiger partial charge in [-0.05, 0) is 12.1 Å². The summed E-state index contributed by atoms with van der Waals surface area (Å²) in [6, 6.07) is 2.24. The number of carboxylic acids is 2. The van der Waals surface area contributed by atoms with Crippen LogP contribution >= 0.6 is 0 Å². The number of hydrogen-bond donors (Lipinski definition) is 3. The molecule has 82 valence electrons. The lowest BCUT2D eigenvalue weighted by Gasteiger charge is -2.10. The highest BCUT2D eigenvalue weighted by molar-refractivity contribution is 5.80. The molecule has 0 radical (unpaired) electrons. The second kappa shape index (κ2) is 5.16. The van der Waals surface area contributed by atoms with Crippen molar-refractivity contribution in [1.29, 1.82) is 0 Å². The highest BCUT2D eigenvalue weighted by atomic mass is 16.4. The molecule has 6 heteroatoms. The lowest BCUT2D eigenvalue weighted by molar-refractivity contribution is -0.146. The van der Waals surface area contributed by atoms with Crippen molar-refractivity contribution in [3.63, 3.8) is 0 Å². The van der Waals surface area contributed by atoms with Crippen molar-refractivity contribution in [3.8, 4) is 0 Å². The molecule has 15 heavy (non-hydrogen) atoms. The first-order valence-electron chi connectivity index (χ1n) is 4.30. The third kappa shape index (κ3) is 3.82. The van der Waals surface area contributed by atoms with Crippen molar-refractivity contribution >= 4 is 11.9 Å². The van der Waals surface area contributed by atoms with Crippen molar-refractivity contribution in [3.05, 3.63) is 24.2 Å². The van der Waals surface area contributed by atoms with Gasteiger partial charge in [-0.15, -0.1) is 0 Å². The van der Waals surface area contributed by atoms with E-state index in [9.17, 15) is 9.59 Å². The van der Waals surface area contributed by atoms with Crippen LogP contribution in [0.25, 0.3) is 0 Å². The molecule has 3 N–H and O–H groups in total. The van der Waals surface area contributed by atoms with E-state index in [4.69, 9.17) is 14.6 Å². The van der Waals surface area contributed by atoms with Gasteiger partial charge < -0.3 is 14.6 Å². The van der Waals surface area contributed by atoms with Crippen LogP contribution in [-0.2, 0) is 16.1 Å². The van der Waals surface area contributed by atoms with Gasteiger partial charge in [-0.2, -0.15) is 0 Å². The Balaban J connectivity index is 2.45. The Bertz CT molecular complexity index is 332. The first-order chi connectivity index (χ1) is 7.09. The van der Waals surface area contributed by atoms with Crippen molar-refractivity contribution in [1.82, 2.24) is 5.32 Å². The van der Waals surface area contributed by atoms with E-state index >= 15 is 0 Å². The fraction of sp³-hybridized carbons (Fsp3) is 0.333. The first-order valence-corrected chi connectivity index (χ1v) is 4.30. The number of aliphatic carboxylic acids is 2. The highest BCUT2D eigenvalue weighted by Crippen LogP contribution is 2.01. The van der Waals surface area contributed by atoms with E-state index in [-0.39, 0.29) is 6.54 Å². The largest absolute Gasteiger partial charge is 0.481 e. The van der Waals surface area contributed by atoms with E-state index in [1.54, 1.807) is 12.1 Å². The van der Waals surface area contributed by atoms with Gasteiger partial charge in [-0.25, -0.2) is 0 Å². The average Bonchev–Trinajstić information content (AvgIpc) is 2.63. The summed E-state index contributed by atoms with van der Waals surface area (Å²) < 4.78 is 4.97. The van der Waals surface area contributed by atoms with Gasteiger partial charge in [-0.1, -0.05) is 0 Å². The van der Waals surface area contributed by atoms with Crippen LogP contribution in [0.3, 0.4) is 0 Å². The summed E-state index contributed by atoms with van der Waals surface area (Å²) in [7, 11) is 0. The van der Waals surface area contributed by atoms with Crippen LogP contribution in [0.5, 0.6) is 0 Å². The topological polar surface area (TPSA) is 99.8 Å². The molecule has 0 aliphatic carbocycles. The SMILES string of the molecule is O=C(O)C[C@H](NCc1ccco1)C(=O)O. The fourth-order valence-corrected chi connectivity index (χ4v) is 1.06. The molecule has 0 aromatic carbocycles. The monoisotopic (exact) mass is 213 g/mol. The zero-order valence-electron chi connectivity index (χ0n) is 7.84. The maximum absolute atomic E-state index is 10.6. The highest BCUT2D eigenvalue weighted by Gasteiger charge is 2.20. The number of nitrogens with one attached hydrogen (secondary N) is 1. The molecule has 0 spiro atoms. The summed E-state index contributed by atoms with van der Waals surface area (Å²) in [5.41, 5.74) is 0. The maximum Gasteiger partial charge on any atom is 0.321 e. The zero-order chi connectivity index (χ0) is 11.3. The molecule has 1 atom stereocenters. The molecular formula is C9H11NO5. The van der Waals surface area contributed by atoms with Gasteiger partial charge in [0, 0.05) is 0 Å². The van der Waals surface area contributed by atoms with Crippen LogP contribution in [0.2, 0.25) is 0 Å². The third-order valence-electron chi connectivity index (χ3n) is 1.78. The minimum Gasteiger partial charge on any atom is -0.481 e. The molecule has 1 rings (SSSR count). The lowest BCUT2D eigenvalue weighted by atomic mass is 10.2. The molecule has 0 bridgehead atoms. The van der Waals surface area contributed by atoms with Crippen LogP contribution in [0.1, 0.15) is 12.2 Å². The summed E-state index contributed by atoms with van der Waals surface area (Å²) in [6.07, 6.45) is 1.00. The van der Waals surface area contributed by atoms with E-state index in [0.29, 0.717) is 5.76 Å². The number of furan rings is 1. The second-order valence-corrected chi connectivity index (χ2v) is 2.95. The van der Waals surface area contributed by atoms with E-state index in [1.807, 2.05) is 0 Å². The second-order valence-electron chi connectivity index (χ2n) is 2.95. The molecule has 0 saturated heterocycles. The summed E-state index contributed by atoms with van der Waals surface area (Å²) >= 11 is 0. The summed E-state index contributed by atoms with van der Waals surface area (Å²) in [6.45, 7) is 0.192. The minimum absolute atomic E-state index is 0.192. The summed E-state index contributed by atoms with van der Waals surface area (Å²) in [5.74, 6) is -1.79. The smallest absolute Gasteiger partial charge is 0.321 e. The van der Waals surface area contributed by atoms with Gasteiger partial charge in [0.05, 0.1) is 19.2 Å². The molecule has 0 unspecified atom stereocenters. The van der Waals surface area contributed by atoms with Crippen molar-refractivity contribution in [2.45, 2.75) is 19.0 Å². The predicted octanol–water partition coefficient (Wildman–Crippen LogP) is 0.297. The maximum atomic E-state index is 10.6. The van der Waals surface area contributed by atoms with Gasteiger partial charge in [0.2, 0.25) is 0 Å². The van der Waals surface area contributed by atoms with Crippen molar-refractivity contribution in [2.24, 2.45) is 0 Å². The minimum atomic E-state index is -1.19. The molecule has 1 heterocycles. The average molecular weight is 213 g/mol. The number of carbonyl (C=O) groups is 2. The van der Waals surface area contributed by atoms with E-state index in [0.717, 1.165) is 0 Å². The normalized spacial score (nSPS) is 12.3. The van der Waals surface area contributed by atoms with E-state index in [1.165, 1.54) is 6.26 Å². The lowest BCUT2D eigenvalue weighted by Crippen LogP contribution is -2.37. The Labute approximate surface area is 85.5 Å². The zero-order valence-corrected chi connectivity index (χ0v) is 7.84. The molecule has 0 fully saturated rings. The van der Waals surface area contributed by atoms with Crippen LogP contribution in [-0.4, -0.2) is 28.2 Å². The summed E-state index contributed by atoms with van der Waals surface area (Å²) in [4.78, 5) is 21.0. The Morgan fingerprint density at radius 3 is 2.67 bits per heavy atom. The molecule has 0 saturated carbocycles. The van der Waals surface area contributed by atoms with E-state index in [2.05, 4.69) is 5.32 Å². The standard InChI is InChI=1S/C9H11NO5/c11-8(12)4-7(9(13)14)10-5-6-2-1-3-15-6/h1-3,7,10H,4-5H2,(H,11,12)(H,13,14)/t7-/m0/s1. The summed E-state index contributed by atoms with van der Waals surface area (Å²) in [5, 5.41) is 19.7. The van der Waals surface area contributed by atoms with Crippen molar-refractivity contribution in [2.75, 3.05) is 0 Å². The van der Waals surface area contributed by atoms with Gasteiger partial charge >= 0.3 is 11.9 Å². The van der Waals surface area contributed by atoms with E-state index < -0.39 is 24.4 Å². The van der Waals surface area contributed by atoms with Crippen LogP contribution in [0.4, 0.5) is 0 Å². The number of rotatable bonds is 6. The number of hydrogen-bond acceptors (Lipinski definition) is 4. The molecule has 6 nitrogen and oxygen atoms in total. The van der Waals surface area contributed by atoms with Crippen LogP contribution in [0.15, 0.2) is 22.8 Å². The Kier molecular flexibility index (Phi) is 3.87. The molecule has 0 aliphatic rings. The van der Waals surface area contributed by atoms with Gasteiger partial charge in [0.15, 0.2) is 0 Å². The first kappa shape index (κ1) is 11.3. The molecular weight excluding hydrogens is 202 g/mol. The van der Waals surface area contributed by atoms with Crippen LogP contribution in [0, 0.1) is 0 Å². The quantitative estimate of drug-likeness (QED) is 0.628. The molecule has 1 aromatic rings. The predicted molar refractivity (Wildman–Crippen MR) is 49.2 cm³/mol. The third-order valence-corrected chi connectivity index (χ3v) is 1.78. The van der Waals surface area contributed by atoms with Gasteiger partial charge in [0.25, 0.3) is 0 Å². The van der Waals surface area contributed by atoms with Crippen molar-refractivity contribution < 1.29 is 24.2 Å². The molecule has 0 aliphatic heterocycles. The van der Waals surface area contributed by atoms with Crippen LogP contribution < -0.4 is 5.32 Å². The molecule has 1 aromatic heterocycles. The van der Waals surface area contributed by atoms with Gasteiger partial charge in [0.1, 0.15) is 11.8 Å². The fourth-order valence-electron chi connectivity index (χ4n) is 1.06.